The maximum absolute atomic E-state index is 12.8. The topological polar surface area (TPSA) is 199 Å². The highest BCUT2D eigenvalue weighted by Crippen LogP contribution is 2.17. The highest BCUT2D eigenvalue weighted by atomic mass is 32.2. The molecule has 0 amide bonds. The van der Waals surface area contributed by atoms with E-state index in [-0.39, 0.29) is 34.0 Å². The van der Waals surface area contributed by atoms with Crippen molar-refractivity contribution in [1.29, 1.82) is 0 Å². The molecule has 41 heavy (non-hydrogen) atoms. The molecule has 0 saturated heterocycles. The third-order valence-electron chi connectivity index (χ3n) is 6.08. The van der Waals surface area contributed by atoms with Crippen molar-refractivity contribution in [3.63, 3.8) is 0 Å². The average molecular weight is 601 g/mol. The minimum absolute atomic E-state index is 0.0629. The smallest absolute Gasteiger partial charge is 0.330 e. The zero-order chi connectivity index (χ0) is 29.9. The summed E-state index contributed by atoms with van der Waals surface area (Å²) in [6, 6.07) is 9.85. The van der Waals surface area contributed by atoms with Crippen LogP contribution in [-0.4, -0.2) is 58.8 Å². The van der Waals surface area contributed by atoms with Crippen molar-refractivity contribution in [3.05, 3.63) is 96.1 Å². The van der Waals surface area contributed by atoms with E-state index in [1.807, 2.05) is 13.8 Å². The van der Waals surface area contributed by atoms with Gasteiger partial charge in [-0.1, -0.05) is 35.4 Å². The van der Waals surface area contributed by atoms with Crippen molar-refractivity contribution < 1.29 is 31.2 Å². The molecular formula is C26H28N6O7S2. The first kappa shape index (κ1) is 29.8. The van der Waals surface area contributed by atoms with Crippen LogP contribution in [0.4, 0.5) is 0 Å². The molecule has 0 bridgehead atoms. The van der Waals surface area contributed by atoms with Crippen LogP contribution in [0.2, 0.25) is 0 Å². The molecule has 0 radical (unpaired) electrons. The van der Waals surface area contributed by atoms with E-state index in [0.29, 0.717) is 0 Å². The van der Waals surface area contributed by atoms with Gasteiger partial charge in [0.1, 0.15) is 24.7 Å². The highest BCUT2D eigenvalue weighted by Gasteiger charge is 2.26. The maximum Gasteiger partial charge on any atom is 0.330 e. The third-order valence-corrected chi connectivity index (χ3v) is 9.33. The number of ether oxygens (including phenoxy) is 1. The minimum atomic E-state index is -3.89. The quantitative estimate of drug-likeness (QED) is 0.192. The van der Waals surface area contributed by atoms with E-state index in [1.54, 1.807) is 24.3 Å². The summed E-state index contributed by atoms with van der Waals surface area (Å²) >= 11 is 0. The zero-order valence-corrected chi connectivity index (χ0v) is 23.7. The Morgan fingerprint density at radius 1 is 0.707 bits per heavy atom. The summed E-state index contributed by atoms with van der Waals surface area (Å²) in [5.74, 6) is -2.18. The van der Waals surface area contributed by atoms with E-state index in [0.717, 1.165) is 31.7 Å². The second kappa shape index (κ2) is 11.7. The summed E-state index contributed by atoms with van der Waals surface area (Å²) in [6.45, 7) is 3.66. The summed E-state index contributed by atoms with van der Waals surface area (Å²) in [6.07, 6.45) is 4.19. The maximum atomic E-state index is 12.8. The van der Waals surface area contributed by atoms with Crippen LogP contribution in [0.1, 0.15) is 22.5 Å². The molecule has 4 rings (SSSR count). The summed E-state index contributed by atoms with van der Waals surface area (Å²) < 4.78 is 57.8. The lowest BCUT2D eigenvalue weighted by molar-refractivity contribution is -0.161. The van der Waals surface area contributed by atoms with Gasteiger partial charge in [-0.25, -0.2) is 44.3 Å². The Morgan fingerprint density at radius 3 is 1.39 bits per heavy atom. The fourth-order valence-corrected chi connectivity index (χ4v) is 6.00. The summed E-state index contributed by atoms with van der Waals surface area (Å²) in [5.41, 5.74) is 13.9. The predicted octanol–water partition coefficient (Wildman–Crippen LogP) is 0.680. The fraction of sp³-hybridized carbons (Fsp3) is 0.231. The lowest BCUT2D eigenvalue weighted by Gasteiger charge is -2.12. The van der Waals surface area contributed by atoms with Crippen LogP contribution >= 0.6 is 0 Å². The molecule has 216 valence electrons. The number of esters is 2. The van der Waals surface area contributed by atoms with Gasteiger partial charge in [0.05, 0.1) is 21.2 Å². The molecule has 0 spiro atoms. The molecule has 0 aliphatic heterocycles. The fourth-order valence-electron chi connectivity index (χ4n) is 3.69. The molecule has 2 atom stereocenters. The van der Waals surface area contributed by atoms with Crippen molar-refractivity contribution in [1.82, 2.24) is 17.9 Å². The first-order chi connectivity index (χ1) is 19.3. The monoisotopic (exact) mass is 600 g/mol. The van der Waals surface area contributed by atoms with Gasteiger partial charge in [0.25, 0.3) is 20.0 Å². The number of nitrogens with two attached hydrogens (primary N) is 2. The molecule has 15 heteroatoms. The number of hydrogen-bond donors (Lipinski definition) is 2. The normalized spacial score (nSPS) is 13.5. The standard InChI is InChI=1S/C26H28N6O7S2/c1-17-3-7-21(8-4-17)40(35,36)31-13-19(29-15-31)11-23(27)25(33)39-26(34)24(28)12-20-14-32(16-30-20)41(37,38)22-9-5-18(2)6-10-22/h3-10,13-16,23-24H,11-12,27-28H2,1-2H3/t23-,24-/m0/s1. The van der Waals surface area contributed by atoms with E-state index in [4.69, 9.17) is 16.2 Å². The van der Waals surface area contributed by atoms with Gasteiger partial charge < -0.3 is 16.2 Å². The largest absolute Gasteiger partial charge is 0.391 e. The number of aromatic nitrogens is 4. The van der Waals surface area contributed by atoms with Crippen LogP contribution in [0.5, 0.6) is 0 Å². The lowest BCUT2D eigenvalue weighted by Crippen LogP contribution is -2.41. The Balaban J connectivity index is 1.33. The first-order valence-corrected chi connectivity index (χ1v) is 15.1. The van der Waals surface area contributed by atoms with Gasteiger partial charge in [-0.05, 0) is 38.1 Å². The molecule has 4 aromatic rings. The Morgan fingerprint density at radius 2 is 1.05 bits per heavy atom. The van der Waals surface area contributed by atoms with Crippen LogP contribution in [0.3, 0.4) is 0 Å². The second-order valence-corrected chi connectivity index (χ2v) is 13.1. The number of hydrogen-bond acceptors (Lipinski definition) is 11. The van der Waals surface area contributed by atoms with E-state index < -0.39 is 44.1 Å². The number of carbonyl (C=O) groups is 2. The van der Waals surface area contributed by atoms with Crippen molar-refractivity contribution in [2.75, 3.05) is 0 Å². The molecule has 0 unspecified atom stereocenters. The summed E-state index contributed by atoms with van der Waals surface area (Å²) in [4.78, 5) is 32.9. The van der Waals surface area contributed by atoms with E-state index in [9.17, 15) is 26.4 Å². The van der Waals surface area contributed by atoms with E-state index in [2.05, 4.69) is 9.97 Å². The van der Waals surface area contributed by atoms with Gasteiger partial charge in [0.15, 0.2) is 0 Å². The molecule has 2 aromatic carbocycles. The van der Waals surface area contributed by atoms with Crippen LogP contribution in [0.25, 0.3) is 0 Å². The molecule has 4 N–H and O–H groups in total. The molecule has 0 aliphatic carbocycles. The third kappa shape index (κ3) is 6.77. The van der Waals surface area contributed by atoms with Crippen molar-refractivity contribution in [2.45, 2.75) is 48.6 Å². The number of aryl methyl sites for hydroxylation is 2. The molecule has 2 aromatic heterocycles. The van der Waals surface area contributed by atoms with E-state index >= 15 is 0 Å². The number of carbonyl (C=O) groups excluding carboxylic acids is 2. The Labute approximate surface area is 236 Å². The van der Waals surface area contributed by atoms with Gasteiger partial charge in [-0.3, -0.25) is 0 Å². The Kier molecular flexibility index (Phi) is 8.53. The Bertz CT molecular complexity index is 1650. The average Bonchev–Trinajstić information content (AvgIpc) is 3.60. The number of benzene rings is 2. The summed E-state index contributed by atoms with van der Waals surface area (Å²) in [5, 5.41) is 0. The lowest BCUT2D eigenvalue weighted by atomic mass is 10.1. The van der Waals surface area contributed by atoms with Gasteiger partial charge in [0.2, 0.25) is 0 Å². The predicted molar refractivity (Wildman–Crippen MR) is 146 cm³/mol. The van der Waals surface area contributed by atoms with Crippen LogP contribution < -0.4 is 11.5 Å². The molecule has 2 heterocycles. The van der Waals surface area contributed by atoms with Gasteiger partial charge >= 0.3 is 11.9 Å². The zero-order valence-electron chi connectivity index (χ0n) is 22.1. The Hall–Kier alpha value is -4.18. The second-order valence-electron chi connectivity index (χ2n) is 9.39. The number of rotatable bonds is 10. The number of imidazole rings is 2. The van der Waals surface area contributed by atoms with Gasteiger partial charge in [-0.2, -0.15) is 0 Å². The first-order valence-electron chi connectivity index (χ1n) is 12.2. The van der Waals surface area contributed by atoms with Crippen LogP contribution in [-0.2, 0) is 47.2 Å². The van der Waals surface area contributed by atoms with Crippen LogP contribution in [0.15, 0.2) is 83.4 Å². The van der Waals surface area contributed by atoms with E-state index in [1.165, 1.54) is 36.7 Å². The van der Waals surface area contributed by atoms with Crippen molar-refractivity contribution in [2.24, 2.45) is 11.5 Å². The molecule has 0 fully saturated rings. The highest BCUT2D eigenvalue weighted by molar-refractivity contribution is 7.90. The van der Waals surface area contributed by atoms with Gasteiger partial charge in [-0.15, -0.1) is 0 Å². The molecule has 0 saturated carbocycles. The van der Waals surface area contributed by atoms with Crippen molar-refractivity contribution >= 4 is 32.0 Å². The minimum Gasteiger partial charge on any atom is -0.391 e. The molecule has 0 aliphatic rings. The van der Waals surface area contributed by atoms with Gasteiger partial charge in [0, 0.05) is 25.2 Å². The van der Waals surface area contributed by atoms with Crippen LogP contribution in [0, 0.1) is 13.8 Å². The molecular weight excluding hydrogens is 572 g/mol. The summed E-state index contributed by atoms with van der Waals surface area (Å²) in [7, 11) is -7.79. The number of nitrogens with zero attached hydrogens (tertiary/aromatic N) is 4. The molecule has 13 nitrogen and oxygen atoms in total. The SMILES string of the molecule is Cc1ccc(S(=O)(=O)n2cnc(C[C@H](N)C(=O)OC(=O)[C@@H](N)Cc3cn(S(=O)(=O)c4ccc(C)cc4)cn3)c2)cc1. The van der Waals surface area contributed by atoms with Crippen molar-refractivity contribution in [3.8, 4) is 0 Å².